The van der Waals surface area contributed by atoms with E-state index in [1.165, 1.54) is 0 Å². The molecule has 1 fully saturated rings. The van der Waals surface area contributed by atoms with Crippen LogP contribution in [0.4, 0.5) is 4.79 Å². The fourth-order valence-corrected chi connectivity index (χ4v) is 3.30. The molecule has 1 saturated heterocycles. The number of rotatable bonds is 6. The number of likely N-dealkylation sites (tertiary alicyclic amines) is 1. The smallest absolute Gasteiger partial charge is 0.410 e. The van der Waals surface area contributed by atoms with Gasteiger partial charge in [-0.15, -0.1) is 0 Å². The van der Waals surface area contributed by atoms with E-state index in [2.05, 4.69) is 34.0 Å². The van der Waals surface area contributed by atoms with Crippen molar-refractivity contribution in [1.82, 2.24) is 25.1 Å². The summed E-state index contributed by atoms with van der Waals surface area (Å²) >= 11 is 0. The third kappa shape index (κ3) is 7.95. The van der Waals surface area contributed by atoms with Crippen LogP contribution in [0.3, 0.4) is 0 Å². The molecular formula is C21H38N6O2. The topological polar surface area (TPSA) is 83.8 Å². The number of hydrogen-bond donors (Lipinski definition) is 2. The van der Waals surface area contributed by atoms with Gasteiger partial charge >= 0.3 is 6.09 Å². The number of nitrogens with zero attached hydrogens (tertiary/aromatic N) is 4. The van der Waals surface area contributed by atoms with Gasteiger partial charge in [0.05, 0.1) is 0 Å². The van der Waals surface area contributed by atoms with Crippen molar-refractivity contribution in [3.05, 3.63) is 18.2 Å². The number of hydrogen-bond acceptors (Lipinski definition) is 4. The van der Waals surface area contributed by atoms with Crippen molar-refractivity contribution in [2.45, 2.75) is 79.1 Å². The lowest BCUT2D eigenvalue weighted by molar-refractivity contribution is 0.0193. The predicted molar refractivity (Wildman–Crippen MR) is 116 cm³/mol. The molecule has 2 rings (SSSR count). The number of imidazole rings is 1. The Hall–Kier alpha value is -2.25. The van der Waals surface area contributed by atoms with E-state index >= 15 is 0 Å². The fourth-order valence-electron chi connectivity index (χ4n) is 3.30. The molecular weight excluding hydrogens is 368 g/mol. The lowest BCUT2D eigenvalue weighted by Crippen LogP contribution is -2.53. The second-order valence-corrected chi connectivity index (χ2v) is 8.99. The Labute approximate surface area is 175 Å². The van der Waals surface area contributed by atoms with Crippen LogP contribution in [0.25, 0.3) is 0 Å². The predicted octanol–water partition coefficient (Wildman–Crippen LogP) is 2.99. The summed E-state index contributed by atoms with van der Waals surface area (Å²) in [5.74, 6) is 2.26. The fraction of sp³-hybridized carbons (Fsp3) is 0.762. The lowest BCUT2D eigenvalue weighted by Gasteiger charge is -2.35. The molecule has 0 radical (unpaired) electrons. The summed E-state index contributed by atoms with van der Waals surface area (Å²) in [7, 11) is 0. The normalized spacial score (nSPS) is 18.1. The van der Waals surface area contributed by atoms with Crippen LogP contribution in [0.15, 0.2) is 17.4 Å². The van der Waals surface area contributed by atoms with E-state index in [9.17, 15) is 4.79 Å². The van der Waals surface area contributed by atoms with Crippen molar-refractivity contribution >= 4 is 12.1 Å². The first-order chi connectivity index (χ1) is 13.7. The first kappa shape index (κ1) is 23.0. The van der Waals surface area contributed by atoms with Crippen LogP contribution in [-0.2, 0) is 17.8 Å². The van der Waals surface area contributed by atoms with Gasteiger partial charge in [0, 0.05) is 44.6 Å². The van der Waals surface area contributed by atoms with Gasteiger partial charge in [0.25, 0.3) is 0 Å². The highest BCUT2D eigenvalue weighted by Crippen LogP contribution is 2.15. The first-order valence-electron chi connectivity index (χ1n) is 10.7. The Kier molecular flexibility index (Phi) is 8.34. The minimum atomic E-state index is -0.480. The zero-order valence-electron chi connectivity index (χ0n) is 18.9. The van der Waals surface area contributed by atoms with E-state index in [0.29, 0.717) is 19.0 Å². The minimum Gasteiger partial charge on any atom is -0.444 e. The van der Waals surface area contributed by atoms with Gasteiger partial charge in [-0.1, -0.05) is 13.8 Å². The summed E-state index contributed by atoms with van der Waals surface area (Å²) in [5.41, 5.74) is -0.480. The van der Waals surface area contributed by atoms with Crippen LogP contribution in [0.1, 0.15) is 60.2 Å². The molecule has 1 atom stereocenters. The zero-order chi connectivity index (χ0) is 21.4. The van der Waals surface area contributed by atoms with Crippen LogP contribution in [0.5, 0.6) is 0 Å². The standard InChI is InChI=1S/C21H38N6O2/c1-7-22-19(24-13-18-23-10-12-26(18)14-16(2)3)25-17-9-8-11-27(15-17)20(28)29-21(4,5)6/h10,12,16-17H,7-9,11,13-15H2,1-6H3,(H2,22,24,25). The number of ether oxygens (including phenoxy) is 1. The Morgan fingerprint density at radius 1 is 1.41 bits per heavy atom. The quantitative estimate of drug-likeness (QED) is 0.560. The van der Waals surface area contributed by atoms with Crippen LogP contribution in [-0.4, -0.2) is 57.8 Å². The zero-order valence-corrected chi connectivity index (χ0v) is 18.9. The van der Waals surface area contributed by atoms with Crippen LogP contribution < -0.4 is 10.6 Å². The molecule has 2 N–H and O–H groups in total. The largest absolute Gasteiger partial charge is 0.444 e. The second kappa shape index (κ2) is 10.5. The molecule has 1 aliphatic heterocycles. The number of carbonyl (C=O) groups excluding carboxylic acids is 1. The SMILES string of the molecule is CCNC(=NCc1nccn1CC(C)C)NC1CCCN(C(=O)OC(C)(C)C)C1. The average Bonchev–Trinajstić information content (AvgIpc) is 3.05. The average molecular weight is 407 g/mol. The van der Waals surface area contributed by atoms with E-state index in [4.69, 9.17) is 9.73 Å². The molecule has 0 aromatic carbocycles. The van der Waals surface area contributed by atoms with Gasteiger partial charge in [-0.05, 0) is 46.5 Å². The van der Waals surface area contributed by atoms with Gasteiger partial charge < -0.3 is 24.8 Å². The Balaban J connectivity index is 1.98. The Bertz CT molecular complexity index is 677. The lowest BCUT2D eigenvalue weighted by atomic mass is 10.1. The van der Waals surface area contributed by atoms with Crippen molar-refractivity contribution < 1.29 is 9.53 Å². The maximum Gasteiger partial charge on any atom is 0.410 e. The maximum absolute atomic E-state index is 12.4. The van der Waals surface area contributed by atoms with E-state index in [1.807, 2.05) is 40.1 Å². The highest BCUT2D eigenvalue weighted by Gasteiger charge is 2.28. The number of carbonyl (C=O) groups is 1. The van der Waals surface area contributed by atoms with Gasteiger partial charge in [0.2, 0.25) is 0 Å². The van der Waals surface area contributed by atoms with E-state index in [0.717, 1.165) is 44.3 Å². The third-order valence-corrected chi connectivity index (χ3v) is 4.50. The van der Waals surface area contributed by atoms with Crippen LogP contribution in [0.2, 0.25) is 0 Å². The summed E-state index contributed by atoms with van der Waals surface area (Å²) in [5, 5.41) is 6.78. The van der Waals surface area contributed by atoms with E-state index in [-0.39, 0.29) is 12.1 Å². The van der Waals surface area contributed by atoms with Gasteiger partial charge in [-0.3, -0.25) is 0 Å². The molecule has 1 aliphatic rings. The number of piperidine rings is 1. The minimum absolute atomic E-state index is 0.143. The molecule has 29 heavy (non-hydrogen) atoms. The summed E-state index contributed by atoms with van der Waals surface area (Å²) in [4.78, 5) is 23.4. The number of aliphatic imine (C=N–C) groups is 1. The summed E-state index contributed by atoms with van der Waals surface area (Å²) in [6, 6.07) is 0.143. The van der Waals surface area contributed by atoms with Gasteiger partial charge in [-0.2, -0.15) is 0 Å². The number of amides is 1. The molecule has 1 aromatic rings. The van der Waals surface area contributed by atoms with Gasteiger partial charge in [-0.25, -0.2) is 14.8 Å². The molecule has 0 bridgehead atoms. The van der Waals surface area contributed by atoms with Crippen molar-refractivity contribution in [2.75, 3.05) is 19.6 Å². The summed E-state index contributed by atoms with van der Waals surface area (Å²) < 4.78 is 7.68. The first-order valence-corrected chi connectivity index (χ1v) is 10.7. The monoisotopic (exact) mass is 406 g/mol. The van der Waals surface area contributed by atoms with Gasteiger partial charge in [0.1, 0.15) is 18.0 Å². The number of nitrogens with one attached hydrogen (secondary N) is 2. The summed E-state index contributed by atoms with van der Waals surface area (Å²) in [6.07, 6.45) is 5.51. The summed E-state index contributed by atoms with van der Waals surface area (Å²) in [6.45, 7) is 15.7. The molecule has 8 nitrogen and oxygen atoms in total. The maximum atomic E-state index is 12.4. The molecule has 0 spiro atoms. The molecule has 164 valence electrons. The molecule has 1 amide bonds. The van der Waals surface area contributed by atoms with Crippen LogP contribution >= 0.6 is 0 Å². The molecule has 0 aliphatic carbocycles. The number of guanidine groups is 1. The van der Waals surface area contributed by atoms with Crippen molar-refractivity contribution in [1.29, 1.82) is 0 Å². The molecule has 1 unspecified atom stereocenters. The van der Waals surface area contributed by atoms with Crippen molar-refractivity contribution in [3.8, 4) is 0 Å². The third-order valence-electron chi connectivity index (χ3n) is 4.50. The highest BCUT2D eigenvalue weighted by atomic mass is 16.6. The Morgan fingerprint density at radius 3 is 2.83 bits per heavy atom. The second-order valence-electron chi connectivity index (χ2n) is 8.99. The van der Waals surface area contributed by atoms with Crippen molar-refractivity contribution in [2.24, 2.45) is 10.9 Å². The molecule has 1 aromatic heterocycles. The van der Waals surface area contributed by atoms with Crippen molar-refractivity contribution in [3.63, 3.8) is 0 Å². The molecule has 2 heterocycles. The van der Waals surface area contributed by atoms with E-state index in [1.54, 1.807) is 4.90 Å². The molecule has 8 heteroatoms. The van der Waals surface area contributed by atoms with Crippen LogP contribution in [0, 0.1) is 5.92 Å². The number of aromatic nitrogens is 2. The highest BCUT2D eigenvalue weighted by molar-refractivity contribution is 5.80. The van der Waals surface area contributed by atoms with E-state index < -0.39 is 5.60 Å². The molecule has 0 saturated carbocycles. The van der Waals surface area contributed by atoms with Gasteiger partial charge in [0.15, 0.2) is 5.96 Å². The Morgan fingerprint density at radius 2 is 2.17 bits per heavy atom.